The van der Waals surface area contributed by atoms with Crippen LogP contribution in [0.5, 0.6) is 5.75 Å². The van der Waals surface area contributed by atoms with Crippen LogP contribution in [0.1, 0.15) is 51.1 Å². The second-order valence-corrected chi connectivity index (χ2v) is 11.2. The number of likely N-dealkylation sites (tertiary alicyclic amines) is 1. The molecule has 0 radical (unpaired) electrons. The Labute approximate surface area is 225 Å². The van der Waals surface area contributed by atoms with E-state index in [1.807, 2.05) is 32.0 Å². The van der Waals surface area contributed by atoms with Gasteiger partial charge in [-0.15, -0.1) is 0 Å². The van der Waals surface area contributed by atoms with Crippen molar-refractivity contribution in [1.82, 2.24) is 25.1 Å². The maximum absolute atomic E-state index is 15.4. The Morgan fingerprint density at radius 1 is 1.19 bits per heavy atom. The second kappa shape index (κ2) is 9.83. The van der Waals surface area contributed by atoms with Crippen molar-refractivity contribution in [1.29, 1.82) is 0 Å². The van der Waals surface area contributed by atoms with E-state index in [1.54, 1.807) is 6.20 Å². The number of ether oxygens (including phenoxy) is 1. The van der Waals surface area contributed by atoms with Gasteiger partial charge in [0.05, 0.1) is 27.3 Å². The molecule has 5 rings (SSSR count). The van der Waals surface area contributed by atoms with Gasteiger partial charge in [-0.3, -0.25) is 20.0 Å². The van der Waals surface area contributed by atoms with Crippen molar-refractivity contribution in [2.75, 3.05) is 13.1 Å². The van der Waals surface area contributed by atoms with Gasteiger partial charge in [-0.2, -0.15) is 5.10 Å². The summed E-state index contributed by atoms with van der Waals surface area (Å²) in [6.07, 6.45) is 4.30. The molecule has 3 aromatic heterocycles. The Morgan fingerprint density at radius 2 is 1.92 bits per heavy atom. The molecule has 4 aromatic rings. The highest BCUT2D eigenvalue weighted by Gasteiger charge is 2.49. The first-order chi connectivity index (χ1) is 17.5. The molecule has 3 N–H and O–H groups in total. The first-order valence-corrected chi connectivity index (χ1v) is 12.9. The Hall–Kier alpha value is -2.78. The van der Waals surface area contributed by atoms with Crippen LogP contribution in [0.4, 0.5) is 4.39 Å². The number of nitrogens with zero attached hydrogens (tertiary/aromatic N) is 4. The summed E-state index contributed by atoms with van der Waals surface area (Å²) in [5.74, 6) is 0.641. The van der Waals surface area contributed by atoms with E-state index in [0.29, 0.717) is 50.8 Å². The first kappa shape index (κ1) is 25.9. The van der Waals surface area contributed by atoms with Crippen LogP contribution in [0.15, 0.2) is 42.9 Å². The lowest BCUT2D eigenvalue weighted by atomic mass is 9.79. The number of pyridine rings is 2. The van der Waals surface area contributed by atoms with E-state index in [-0.39, 0.29) is 6.04 Å². The first-order valence-electron chi connectivity index (χ1n) is 12.2. The maximum Gasteiger partial charge on any atom is 0.147 e. The van der Waals surface area contributed by atoms with Crippen molar-refractivity contribution >= 4 is 34.1 Å². The van der Waals surface area contributed by atoms with Crippen LogP contribution < -0.4 is 10.5 Å². The molecule has 1 fully saturated rings. The third-order valence-corrected chi connectivity index (χ3v) is 7.28. The molecule has 0 amide bonds. The maximum atomic E-state index is 15.4. The summed E-state index contributed by atoms with van der Waals surface area (Å²) in [4.78, 5) is 10.7. The molecular formula is C27H29Cl2FN6O. The van der Waals surface area contributed by atoms with Crippen molar-refractivity contribution in [3.8, 4) is 17.0 Å². The molecule has 0 spiro atoms. The summed E-state index contributed by atoms with van der Waals surface area (Å²) in [6, 6.07) is 6.75. The predicted octanol–water partition coefficient (Wildman–Crippen LogP) is 6.34. The lowest BCUT2D eigenvalue weighted by molar-refractivity contribution is -0.0142. The van der Waals surface area contributed by atoms with Gasteiger partial charge in [0.1, 0.15) is 23.4 Å². The highest BCUT2D eigenvalue weighted by Crippen LogP contribution is 2.41. The number of aromatic nitrogens is 4. The minimum atomic E-state index is -0.535. The number of fused-ring (bicyclic) bond motifs is 1. The minimum absolute atomic E-state index is 0.270. The summed E-state index contributed by atoms with van der Waals surface area (Å²) in [6.45, 7) is 9.62. The van der Waals surface area contributed by atoms with Gasteiger partial charge in [0.2, 0.25) is 0 Å². The van der Waals surface area contributed by atoms with Crippen LogP contribution in [0.3, 0.4) is 0 Å². The smallest absolute Gasteiger partial charge is 0.147 e. The van der Waals surface area contributed by atoms with Gasteiger partial charge in [0.25, 0.3) is 0 Å². The Bertz CT molecular complexity index is 1430. The zero-order chi connectivity index (χ0) is 26.5. The number of hydrogen-bond acceptors (Lipinski definition) is 6. The number of H-pyrrole nitrogens is 1. The van der Waals surface area contributed by atoms with Crippen LogP contribution in [0.25, 0.3) is 22.2 Å². The number of halogens is 3. The van der Waals surface area contributed by atoms with Gasteiger partial charge in [0.15, 0.2) is 0 Å². The Balaban J connectivity index is 1.44. The molecule has 1 aromatic carbocycles. The van der Waals surface area contributed by atoms with Crippen LogP contribution in [0, 0.1) is 11.7 Å². The van der Waals surface area contributed by atoms with Gasteiger partial charge in [-0.05, 0) is 44.0 Å². The van der Waals surface area contributed by atoms with Crippen LogP contribution in [0.2, 0.25) is 10.0 Å². The fourth-order valence-corrected chi connectivity index (χ4v) is 5.85. The summed E-state index contributed by atoms with van der Waals surface area (Å²) < 4.78 is 21.6. The average Bonchev–Trinajstić information content (AvgIpc) is 3.22. The van der Waals surface area contributed by atoms with Gasteiger partial charge in [0, 0.05) is 53.7 Å². The topological polar surface area (TPSA) is 93.0 Å². The average molecular weight is 543 g/mol. The molecule has 4 heterocycles. The molecule has 1 aliphatic rings. The van der Waals surface area contributed by atoms with Gasteiger partial charge < -0.3 is 10.5 Å². The summed E-state index contributed by atoms with van der Waals surface area (Å²) in [7, 11) is 0. The van der Waals surface area contributed by atoms with Crippen molar-refractivity contribution in [3.63, 3.8) is 0 Å². The van der Waals surface area contributed by atoms with Crippen molar-refractivity contribution in [2.45, 2.75) is 45.4 Å². The quantitative estimate of drug-likeness (QED) is 0.283. The SMILES string of the molecule is CC(C)CN1CC(C)(N)C1c1ncc(-c2n[nH]c3ccc(O[C@H](C)c4c(Cl)cncc4Cl)cc23)cc1F. The number of rotatable bonds is 7. The van der Waals surface area contributed by atoms with E-state index in [0.717, 1.165) is 17.4 Å². The zero-order valence-electron chi connectivity index (χ0n) is 21.1. The molecular weight excluding hydrogens is 514 g/mol. The minimum Gasteiger partial charge on any atom is -0.486 e. The molecule has 2 unspecified atom stereocenters. The van der Waals surface area contributed by atoms with E-state index < -0.39 is 17.5 Å². The highest BCUT2D eigenvalue weighted by atomic mass is 35.5. The zero-order valence-corrected chi connectivity index (χ0v) is 22.6. The molecule has 7 nitrogen and oxygen atoms in total. The number of aromatic amines is 1. The number of nitrogens with two attached hydrogens (primary N) is 1. The lowest BCUT2D eigenvalue weighted by Gasteiger charge is -2.54. The molecule has 1 saturated heterocycles. The number of nitrogens with one attached hydrogen (secondary N) is 1. The van der Waals surface area contributed by atoms with Gasteiger partial charge in [-0.25, -0.2) is 4.39 Å². The van der Waals surface area contributed by atoms with E-state index >= 15 is 4.39 Å². The molecule has 37 heavy (non-hydrogen) atoms. The molecule has 10 heteroatoms. The summed E-state index contributed by atoms with van der Waals surface area (Å²) >= 11 is 12.6. The lowest BCUT2D eigenvalue weighted by Crippen LogP contribution is -2.68. The van der Waals surface area contributed by atoms with E-state index in [2.05, 4.69) is 38.9 Å². The molecule has 0 saturated carbocycles. The highest BCUT2D eigenvalue weighted by molar-refractivity contribution is 6.35. The van der Waals surface area contributed by atoms with E-state index in [4.69, 9.17) is 33.7 Å². The van der Waals surface area contributed by atoms with Gasteiger partial charge in [-0.1, -0.05) is 37.0 Å². The summed E-state index contributed by atoms with van der Waals surface area (Å²) in [5, 5.41) is 9.07. The number of benzene rings is 1. The molecule has 194 valence electrons. The third-order valence-electron chi connectivity index (χ3n) is 6.68. The van der Waals surface area contributed by atoms with Gasteiger partial charge >= 0.3 is 0 Å². The van der Waals surface area contributed by atoms with Crippen LogP contribution >= 0.6 is 23.2 Å². The normalized spacial score (nSPS) is 20.8. The molecule has 3 atom stereocenters. The molecule has 0 bridgehead atoms. The summed E-state index contributed by atoms with van der Waals surface area (Å²) in [5.41, 5.74) is 8.87. The predicted molar refractivity (Wildman–Crippen MR) is 144 cm³/mol. The van der Waals surface area contributed by atoms with E-state index in [9.17, 15) is 0 Å². The molecule has 1 aliphatic heterocycles. The third kappa shape index (κ3) is 4.91. The fraction of sp³-hybridized carbons (Fsp3) is 0.370. The number of hydrogen-bond donors (Lipinski definition) is 2. The second-order valence-electron chi connectivity index (χ2n) is 10.4. The fourth-order valence-electron chi connectivity index (χ4n) is 5.18. The Morgan fingerprint density at radius 3 is 2.57 bits per heavy atom. The Kier molecular flexibility index (Phi) is 6.87. The van der Waals surface area contributed by atoms with Crippen LogP contribution in [-0.2, 0) is 0 Å². The van der Waals surface area contributed by atoms with Crippen molar-refractivity contribution in [3.05, 3.63) is 70.0 Å². The van der Waals surface area contributed by atoms with E-state index in [1.165, 1.54) is 18.5 Å². The standard InChI is InChI=1S/C27H29Cl2FN6O/c1-14(2)12-36-13-27(4,31)26(36)25-21(30)7-16(9-33-25)24-18-8-17(5-6-22(18)34-35-24)37-15(3)23-19(28)10-32-11-20(23)29/h5-11,14-15,26H,12-13,31H2,1-4H3,(H,34,35)/t15-,26?,27?/m1/s1. The monoisotopic (exact) mass is 542 g/mol. The largest absolute Gasteiger partial charge is 0.486 e. The van der Waals surface area contributed by atoms with Crippen molar-refractivity contribution < 1.29 is 9.13 Å². The van der Waals surface area contributed by atoms with Crippen molar-refractivity contribution in [2.24, 2.45) is 11.7 Å². The molecule has 0 aliphatic carbocycles. The van der Waals surface area contributed by atoms with Crippen LogP contribution in [-0.4, -0.2) is 43.7 Å².